The minimum atomic E-state index is -0.506. The van der Waals surface area contributed by atoms with Crippen LogP contribution in [0.1, 0.15) is 31.4 Å². The maximum atomic E-state index is 5.85. The third-order valence-electron chi connectivity index (χ3n) is 2.86. The minimum absolute atomic E-state index is 0.382. The van der Waals surface area contributed by atoms with Gasteiger partial charge in [-0.25, -0.2) is 9.67 Å². The quantitative estimate of drug-likeness (QED) is 0.548. The van der Waals surface area contributed by atoms with Gasteiger partial charge in [-0.1, -0.05) is 16.8 Å². The second-order valence-corrected chi connectivity index (χ2v) is 4.77. The molecule has 2 aromatic heterocycles. The van der Waals surface area contributed by atoms with Crippen LogP contribution >= 0.6 is 11.6 Å². The lowest BCUT2D eigenvalue weighted by atomic mass is 10.2. The summed E-state index contributed by atoms with van der Waals surface area (Å²) in [6.45, 7) is 5.34. The molecule has 0 saturated carbocycles. The molecule has 22 heavy (non-hydrogen) atoms. The van der Waals surface area contributed by atoms with Crippen molar-refractivity contribution in [1.82, 2.24) is 20.0 Å². The van der Waals surface area contributed by atoms with Crippen LogP contribution in [0.3, 0.4) is 0 Å². The van der Waals surface area contributed by atoms with E-state index in [0.29, 0.717) is 36.5 Å². The first-order valence-electron chi connectivity index (χ1n) is 7.00. The zero-order valence-corrected chi connectivity index (χ0v) is 13.6. The lowest BCUT2D eigenvalue weighted by molar-refractivity contribution is -0.142. The maximum absolute atomic E-state index is 5.85. The fourth-order valence-electron chi connectivity index (χ4n) is 1.94. The third-order valence-corrected chi connectivity index (χ3v) is 3.08. The van der Waals surface area contributed by atoms with Crippen molar-refractivity contribution in [2.45, 2.75) is 26.7 Å². The molecular weight excluding hydrogens is 308 g/mol. The molecule has 0 radical (unpaired) electrons. The molecule has 0 atom stereocenters. The number of hydrogen-bond donors (Lipinski definition) is 0. The molecule has 120 valence electrons. The van der Waals surface area contributed by atoms with Crippen LogP contribution in [-0.4, -0.2) is 40.3 Å². The third kappa shape index (κ3) is 4.16. The molecule has 0 spiro atoms. The van der Waals surface area contributed by atoms with Crippen molar-refractivity contribution in [3.8, 4) is 5.88 Å². The van der Waals surface area contributed by atoms with Gasteiger partial charge in [0.2, 0.25) is 12.2 Å². The Morgan fingerprint density at radius 3 is 2.59 bits per heavy atom. The van der Waals surface area contributed by atoms with Crippen molar-refractivity contribution in [2.24, 2.45) is 0 Å². The fourth-order valence-corrected chi connectivity index (χ4v) is 2.08. The number of halogens is 1. The van der Waals surface area contributed by atoms with Crippen LogP contribution in [0.15, 0.2) is 18.3 Å². The molecule has 2 rings (SSSR count). The van der Waals surface area contributed by atoms with Crippen molar-refractivity contribution in [2.75, 3.05) is 20.3 Å². The summed E-state index contributed by atoms with van der Waals surface area (Å²) >= 11 is 5.85. The molecule has 0 N–H and O–H groups in total. The predicted octanol–water partition coefficient (Wildman–Crippen LogP) is 2.46. The molecule has 7 nitrogen and oxygen atoms in total. The van der Waals surface area contributed by atoms with E-state index in [-0.39, 0.29) is 0 Å². The van der Waals surface area contributed by atoms with Crippen LogP contribution in [0.5, 0.6) is 5.88 Å². The summed E-state index contributed by atoms with van der Waals surface area (Å²) in [5.74, 6) is 0.468. The van der Waals surface area contributed by atoms with Crippen LogP contribution in [0.25, 0.3) is 0 Å². The van der Waals surface area contributed by atoms with E-state index in [0.717, 1.165) is 5.56 Å². The molecule has 0 aliphatic carbocycles. The number of rotatable bonds is 8. The van der Waals surface area contributed by atoms with Gasteiger partial charge in [-0.15, -0.1) is 5.10 Å². The van der Waals surface area contributed by atoms with Crippen molar-refractivity contribution in [3.05, 3.63) is 34.7 Å². The first kappa shape index (κ1) is 16.7. The Morgan fingerprint density at radius 1 is 1.23 bits per heavy atom. The Bertz CT molecular complexity index is 600. The van der Waals surface area contributed by atoms with Gasteiger partial charge in [0.25, 0.3) is 0 Å². The molecular formula is C14H19ClN4O3. The van der Waals surface area contributed by atoms with Crippen LogP contribution in [0.4, 0.5) is 0 Å². The van der Waals surface area contributed by atoms with Gasteiger partial charge >= 0.3 is 0 Å². The number of pyridine rings is 1. The second-order valence-electron chi connectivity index (χ2n) is 4.39. The van der Waals surface area contributed by atoms with Crippen LogP contribution < -0.4 is 4.74 Å². The van der Waals surface area contributed by atoms with Crippen LogP contribution in [-0.2, 0) is 16.0 Å². The minimum Gasteiger partial charge on any atom is -0.481 e. The molecule has 0 aromatic carbocycles. The summed E-state index contributed by atoms with van der Waals surface area (Å²) in [4.78, 5) is 4.12. The van der Waals surface area contributed by atoms with E-state index in [1.165, 1.54) is 0 Å². The van der Waals surface area contributed by atoms with E-state index in [4.69, 9.17) is 25.8 Å². The SMILES string of the molecule is CCOC(OCC)c1cn(Cc2ccc(Cl)nc2OC)nn1. The summed E-state index contributed by atoms with van der Waals surface area (Å²) in [5.41, 5.74) is 1.48. The highest BCUT2D eigenvalue weighted by atomic mass is 35.5. The molecule has 0 unspecified atom stereocenters. The number of aromatic nitrogens is 4. The van der Waals surface area contributed by atoms with E-state index in [9.17, 15) is 0 Å². The van der Waals surface area contributed by atoms with E-state index >= 15 is 0 Å². The smallest absolute Gasteiger partial charge is 0.219 e. The first-order valence-corrected chi connectivity index (χ1v) is 7.38. The number of methoxy groups -OCH3 is 1. The van der Waals surface area contributed by atoms with Gasteiger partial charge < -0.3 is 14.2 Å². The lowest BCUT2D eigenvalue weighted by Gasteiger charge is -2.13. The van der Waals surface area contributed by atoms with E-state index < -0.39 is 6.29 Å². The molecule has 2 aromatic rings. The summed E-state index contributed by atoms with van der Waals surface area (Å²) in [7, 11) is 1.55. The topological polar surface area (TPSA) is 71.3 Å². The Kier molecular flexibility index (Phi) is 6.11. The highest BCUT2D eigenvalue weighted by Crippen LogP contribution is 2.20. The first-order chi connectivity index (χ1) is 10.7. The van der Waals surface area contributed by atoms with Gasteiger partial charge in [0.1, 0.15) is 10.8 Å². The molecule has 0 amide bonds. The largest absolute Gasteiger partial charge is 0.481 e. The Morgan fingerprint density at radius 2 is 1.95 bits per heavy atom. The lowest BCUT2D eigenvalue weighted by Crippen LogP contribution is -2.09. The molecule has 8 heteroatoms. The number of hydrogen-bond acceptors (Lipinski definition) is 6. The fraction of sp³-hybridized carbons (Fsp3) is 0.500. The van der Waals surface area contributed by atoms with Crippen LogP contribution in [0.2, 0.25) is 5.15 Å². The van der Waals surface area contributed by atoms with Crippen LogP contribution in [0, 0.1) is 0 Å². The van der Waals surface area contributed by atoms with Crippen molar-refractivity contribution in [1.29, 1.82) is 0 Å². The van der Waals surface area contributed by atoms with E-state index in [1.807, 2.05) is 19.9 Å². The standard InChI is InChI=1S/C14H19ClN4O3/c1-4-21-14(22-5-2)11-9-19(18-17-11)8-10-6-7-12(15)16-13(10)20-3/h6-7,9,14H,4-5,8H2,1-3H3. The molecule has 2 heterocycles. The van der Waals surface area contributed by atoms with Gasteiger partial charge in [-0.05, 0) is 26.0 Å². The van der Waals surface area contributed by atoms with Gasteiger partial charge in [-0.3, -0.25) is 0 Å². The molecule has 0 aliphatic rings. The van der Waals surface area contributed by atoms with Gasteiger partial charge in [0.05, 0.1) is 19.9 Å². The molecule has 0 aliphatic heterocycles. The highest BCUT2D eigenvalue weighted by molar-refractivity contribution is 6.29. The monoisotopic (exact) mass is 326 g/mol. The van der Waals surface area contributed by atoms with Gasteiger partial charge in [0, 0.05) is 18.8 Å². The predicted molar refractivity (Wildman–Crippen MR) is 80.9 cm³/mol. The second kappa shape index (κ2) is 8.07. The Balaban J connectivity index is 2.14. The normalized spacial score (nSPS) is 11.1. The Hall–Kier alpha value is -1.70. The van der Waals surface area contributed by atoms with E-state index in [2.05, 4.69) is 15.3 Å². The zero-order chi connectivity index (χ0) is 15.9. The van der Waals surface area contributed by atoms with Gasteiger partial charge in [-0.2, -0.15) is 0 Å². The van der Waals surface area contributed by atoms with E-state index in [1.54, 1.807) is 24.1 Å². The van der Waals surface area contributed by atoms with Crippen molar-refractivity contribution >= 4 is 11.6 Å². The molecule has 0 saturated heterocycles. The average Bonchev–Trinajstić information content (AvgIpc) is 2.97. The number of nitrogens with zero attached hydrogens (tertiary/aromatic N) is 4. The Labute approximate surface area is 134 Å². The molecule has 0 bridgehead atoms. The summed E-state index contributed by atoms with van der Waals surface area (Å²) < 4.78 is 17.9. The summed E-state index contributed by atoms with van der Waals surface area (Å²) in [6, 6.07) is 3.55. The average molecular weight is 327 g/mol. The number of ether oxygens (including phenoxy) is 3. The summed E-state index contributed by atoms with van der Waals surface area (Å²) in [5, 5.41) is 8.57. The maximum Gasteiger partial charge on any atom is 0.219 e. The summed E-state index contributed by atoms with van der Waals surface area (Å²) in [6.07, 6.45) is 1.28. The zero-order valence-electron chi connectivity index (χ0n) is 12.8. The highest BCUT2D eigenvalue weighted by Gasteiger charge is 2.16. The molecule has 0 fully saturated rings. The van der Waals surface area contributed by atoms with Gasteiger partial charge in [0.15, 0.2) is 0 Å². The van der Waals surface area contributed by atoms with Crippen molar-refractivity contribution < 1.29 is 14.2 Å². The van der Waals surface area contributed by atoms with Crippen molar-refractivity contribution in [3.63, 3.8) is 0 Å².